The molecule has 0 saturated carbocycles. The summed E-state index contributed by atoms with van der Waals surface area (Å²) in [5, 5.41) is 20.0. The fourth-order valence-corrected chi connectivity index (χ4v) is 3.08. The Balaban J connectivity index is 1.90. The zero-order valence-electron chi connectivity index (χ0n) is 10.2. The van der Waals surface area contributed by atoms with E-state index in [9.17, 15) is 10.2 Å². The Bertz CT molecular complexity index is 408. The van der Waals surface area contributed by atoms with Crippen molar-refractivity contribution in [2.45, 2.75) is 37.4 Å². The highest BCUT2D eigenvalue weighted by atomic mass is 16.7. The van der Waals surface area contributed by atoms with Gasteiger partial charge >= 0.3 is 0 Å². The van der Waals surface area contributed by atoms with Crippen LogP contribution in [0.3, 0.4) is 0 Å². The van der Waals surface area contributed by atoms with Crippen LogP contribution >= 0.6 is 0 Å². The van der Waals surface area contributed by atoms with E-state index in [-0.39, 0.29) is 5.92 Å². The number of benzene rings is 1. The quantitative estimate of drug-likeness (QED) is 0.824. The van der Waals surface area contributed by atoms with Crippen LogP contribution in [0.1, 0.15) is 18.4 Å². The lowest BCUT2D eigenvalue weighted by Gasteiger charge is -2.40. The van der Waals surface area contributed by atoms with E-state index in [0.717, 1.165) is 18.4 Å². The minimum Gasteiger partial charge on any atom is -0.369 e. The summed E-state index contributed by atoms with van der Waals surface area (Å²) in [6, 6.07) is 9.88. The molecule has 0 radical (unpaired) electrons. The SMILES string of the molecule is OC1OC(O)C2(Cc3ccccc3)OCCCC12. The Morgan fingerprint density at radius 1 is 1.22 bits per heavy atom. The van der Waals surface area contributed by atoms with Crippen molar-refractivity contribution in [1.82, 2.24) is 0 Å². The van der Waals surface area contributed by atoms with Crippen LogP contribution in [0.25, 0.3) is 0 Å². The van der Waals surface area contributed by atoms with Gasteiger partial charge in [-0.3, -0.25) is 0 Å². The van der Waals surface area contributed by atoms with E-state index in [4.69, 9.17) is 9.47 Å². The highest BCUT2D eigenvalue weighted by Crippen LogP contribution is 2.45. The highest BCUT2D eigenvalue weighted by Gasteiger charge is 2.57. The summed E-state index contributed by atoms with van der Waals surface area (Å²) >= 11 is 0. The van der Waals surface area contributed by atoms with Gasteiger partial charge in [-0.15, -0.1) is 0 Å². The summed E-state index contributed by atoms with van der Waals surface area (Å²) in [5.41, 5.74) is 0.292. The minimum atomic E-state index is -1.06. The van der Waals surface area contributed by atoms with E-state index < -0.39 is 18.2 Å². The molecule has 18 heavy (non-hydrogen) atoms. The fourth-order valence-electron chi connectivity index (χ4n) is 3.08. The first kappa shape index (κ1) is 12.1. The number of ether oxygens (including phenoxy) is 2. The lowest BCUT2D eigenvalue weighted by Crippen LogP contribution is -2.51. The van der Waals surface area contributed by atoms with Crippen LogP contribution in [-0.4, -0.2) is 35.0 Å². The molecule has 0 aromatic heterocycles. The third-order valence-corrected chi connectivity index (χ3v) is 4.01. The Hall–Kier alpha value is -0.940. The second-order valence-corrected chi connectivity index (χ2v) is 5.09. The van der Waals surface area contributed by atoms with Gasteiger partial charge in [-0.25, -0.2) is 0 Å². The molecule has 4 unspecified atom stereocenters. The van der Waals surface area contributed by atoms with Crippen LogP contribution in [0.2, 0.25) is 0 Å². The zero-order chi connectivity index (χ0) is 12.6. The van der Waals surface area contributed by atoms with Crippen LogP contribution in [-0.2, 0) is 15.9 Å². The van der Waals surface area contributed by atoms with Crippen LogP contribution in [0.4, 0.5) is 0 Å². The molecule has 2 saturated heterocycles. The number of fused-ring (bicyclic) bond motifs is 1. The average molecular weight is 250 g/mol. The van der Waals surface area contributed by atoms with E-state index in [1.54, 1.807) is 0 Å². The van der Waals surface area contributed by atoms with E-state index in [0.29, 0.717) is 13.0 Å². The lowest BCUT2D eigenvalue weighted by atomic mass is 9.78. The molecule has 2 aliphatic rings. The van der Waals surface area contributed by atoms with Gasteiger partial charge in [0.1, 0.15) is 5.60 Å². The first-order valence-corrected chi connectivity index (χ1v) is 6.42. The number of hydrogen-bond acceptors (Lipinski definition) is 4. The average Bonchev–Trinajstić information content (AvgIpc) is 2.63. The Kier molecular flexibility index (Phi) is 3.11. The molecule has 0 bridgehead atoms. The van der Waals surface area contributed by atoms with Gasteiger partial charge in [0.2, 0.25) is 0 Å². The molecule has 1 aromatic rings. The molecular weight excluding hydrogens is 232 g/mol. The van der Waals surface area contributed by atoms with Crippen molar-refractivity contribution in [2.24, 2.45) is 5.92 Å². The number of rotatable bonds is 2. The number of aliphatic hydroxyl groups is 2. The standard InChI is InChI=1S/C14H18O4/c15-12-11-7-4-8-17-14(11,13(16)18-12)9-10-5-2-1-3-6-10/h1-3,5-6,11-13,15-16H,4,7-9H2. The highest BCUT2D eigenvalue weighted by molar-refractivity contribution is 5.19. The molecule has 2 N–H and O–H groups in total. The molecule has 3 rings (SSSR count). The third kappa shape index (κ3) is 1.86. The maximum atomic E-state index is 10.1. The second kappa shape index (κ2) is 4.63. The van der Waals surface area contributed by atoms with Crippen LogP contribution in [0.15, 0.2) is 30.3 Å². The predicted octanol–water partition coefficient (Wildman–Crippen LogP) is 1.06. The van der Waals surface area contributed by atoms with E-state index in [1.165, 1.54) is 0 Å². The molecule has 4 atom stereocenters. The first-order valence-electron chi connectivity index (χ1n) is 6.42. The van der Waals surface area contributed by atoms with Gasteiger partial charge in [-0.2, -0.15) is 0 Å². The maximum absolute atomic E-state index is 10.1. The fraction of sp³-hybridized carbons (Fsp3) is 0.571. The summed E-state index contributed by atoms with van der Waals surface area (Å²) in [7, 11) is 0. The summed E-state index contributed by atoms with van der Waals surface area (Å²) in [6.45, 7) is 0.608. The largest absolute Gasteiger partial charge is 0.369 e. The van der Waals surface area contributed by atoms with Crippen molar-refractivity contribution in [3.63, 3.8) is 0 Å². The van der Waals surface area contributed by atoms with E-state index in [1.807, 2.05) is 30.3 Å². The van der Waals surface area contributed by atoms with Crippen molar-refractivity contribution < 1.29 is 19.7 Å². The molecule has 0 aliphatic carbocycles. The van der Waals surface area contributed by atoms with Gasteiger partial charge in [0.25, 0.3) is 0 Å². The van der Waals surface area contributed by atoms with Gasteiger partial charge in [-0.05, 0) is 18.4 Å². The minimum absolute atomic E-state index is 0.151. The monoisotopic (exact) mass is 250 g/mol. The van der Waals surface area contributed by atoms with E-state index >= 15 is 0 Å². The van der Waals surface area contributed by atoms with E-state index in [2.05, 4.69) is 0 Å². The summed E-state index contributed by atoms with van der Waals surface area (Å²) < 4.78 is 11.0. The van der Waals surface area contributed by atoms with Crippen molar-refractivity contribution in [2.75, 3.05) is 6.61 Å². The maximum Gasteiger partial charge on any atom is 0.187 e. The van der Waals surface area contributed by atoms with Gasteiger partial charge in [0.15, 0.2) is 12.6 Å². The van der Waals surface area contributed by atoms with Crippen molar-refractivity contribution in [3.8, 4) is 0 Å². The smallest absolute Gasteiger partial charge is 0.187 e. The molecule has 2 heterocycles. The first-order chi connectivity index (χ1) is 8.72. The molecule has 98 valence electrons. The molecule has 2 fully saturated rings. The number of hydrogen-bond donors (Lipinski definition) is 2. The third-order valence-electron chi connectivity index (χ3n) is 4.01. The van der Waals surface area contributed by atoms with Crippen LogP contribution in [0, 0.1) is 5.92 Å². The Morgan fingerprint density at radius 3 is 2.78 bits per heavy atom. The normalized spacial score (nSPS) is 39.6. The zero-order valence-corrected chi connectivity index (χ0v) is 10.2. The van der Waals surface area contributed by atoms with Crippen LogP contribution < -0.4 is 0 Å². The molecular formula is C14H18O4. The molecule has 0 amide bonds. The lowest BCUT2D eigenvalue weighted by molar-refractivity contribution is -0.213. The van der Waals surface area contributed by atoms with Gasteiger partial charge in [-0.1, -0.05) is 30.3 Å². The van der Waals surface area contributed by atoms with Gasteiger partial charge in [0, 0.05) is 18.9 Å². The number of aliphatic hydroxyl groups excluding tert-OH is 2. The molecule has 0 spiro atoms. The summed E-state index contributed by atoms with van der Waals surface area (Å²) in [4.78, 5) is 0. The van der Waals surface area contributed by atoms with Crippen molar-refractivity contribution in [3.05, 3.63) is 35.9 Å². The molecule has 4 heteroatoms. The molecule has 1 aromatic carbocycles. The molecule has 2 aliphatic heterocycles. The topological polar surface area (TPSA) is 58.9 Å². The van der Waals surface area contributed by atoms with Gasteiger partial charge < -0.3 is 19.7 Å². The summed E-state index contributed by atoms with van der Waals surface area (Å²) in [6.07, 6.45) is 0.304. The predicted molar refractivity (Wildman–Crippen MR) is 64.7 cm³/mol. The molecule has 4 nitrogen and oxygen atoms in total. The van der Waals surface area contributed by atoms with Crippen molar-refractivity contribution >= 4 is 0 Å². The Labute approximate surface area is 106 Å². The van der Waals surface area contributed by atoms with Gasteiger partial charge in [0.05, 0.1) is 0 Å². The summed E-state index contributed by atoms with van der Waals surface area (Å²) in [5.74, 6) is -0.151. The van der Waals surface area contributed by atoms with Crippen LogP contribution in [0.5, 0.6) is 0 Å². The second-order valence-electron chi connectivity index (χ2n) is 5.09. The Morgan fingerprint density at radius 2 is 2.00 bits per heavy atom. The van der Waals surface area contributed by atoms with Crippen molar-refractivity contribution in [1.29, 1.82) is 0 Å².